The molecule has 0 aliphatic heterocycles. The van der Waals surface area contributed by atoms with Gasteiger partial charge in [-0.25, -0.2) is 23.4 Å². The zero-order chi connectivity index (χ0) is 88.3. The summed E-state index contributed by atoms with van der Waals surface area (Å²) in [5, 5.41) is 39.8. The number of H-pyrrole nitrogens is 3. The SMILES string of the molecule is CC(C)(C)CC(C)(C)c1ccc(OCCCC(=O)O)c(Cc2cc(-c3nc4cc(C(C)(C)C)[nH]n4n3)ccc2Cl)c1.CCC(C)c1cc2nc(-c3cc(NC)cc(NS(=O)Oc4c(C(C)C)cc(C)cc4C(C)C)c3)nn2[nH]1.CCCCCCC(Oc1ccc(C)cc1C)C(=O)Nc1cc(NS(C)(=O)=O)cc(-c2nc3cc(C4CCCCC4)[nH]n3n2)c1. The van der Waals surface area contributed by atoms with Crippen LogP contribution in [0, 0.1) is 26.2 Å². The summed E-state index contributed by atoms with van der Waals surface area (Å²) in [5.41, 5.74) is 18.7. The minimum atomic E-state index is -3.58. The molecule has 13 rings (SSSR count). The lowest BCUT2D eigenvalue weighted by Gasteiger charge is -2.33. The summed E-state index contributed by atoms with van der Waals surface area (Å²) < 4.78 is 66.6. The Morgan fingerprint density at radius 2 is 1.25 bits per heavy atom. The van der Waals surface area contributed by atoms with Gasteiger partial charge in [0.25, 0.3) is 5.91 Å². The number of aromatic nitrogens is 12. The predicted molar refractivity (Wildman–Crippen MR) is 493 cm³/mol. The van der Waals surface area contributed by atoms with Gasteiger partial charge < -0.3 is 29.4 Å². The van der Waals surface area contributed by atoms with E-state index in [1.807, 2.05) is 99.8 Å². The Kier molecular flexibility index (Phi) is 30.1. The second-order valence-corrected chi connectivity index (χ2v) is 39.3. The maximum atomic E-state index is 13.7. The van der Waals surface area contributed by atoms with Crippen LogP contribution in [0.25, 0.3) is 51.1 Å². The average Bonchev–Trinajstić information content (AvgIpc) is 1.55. The van der Waals surface area contributed by atoms with Gasteiger partial charge in [-0.1, -0.05) is 202 Å². The van der Waals surface area contributed by atoms with Gasteiger partial charge in [0.1, 0.15) is 17.2 Å². The van der Waals surface area contributed by atoms with E-state index >= 15 is 0 Å². The summed E-state index contributed by atoms with van der Waals surface area (Å²) >= 11 is 4.93. The van der Waals surface area contributed by atoms with Gasteiger partial charge in [0.15, 0.2) is 40.5 Å². The number of carboxylic acid groups (broad SMARTS) is 1. The number of aliphatic carboxylic acids is 1. The summed E-state index contributed by atoms with van der Waals surface area (Å²) in [4.78, 5) is 38.9. The molecule has 12 aromatic rings. The van der Waals surface area contributed by atoms with Crippen molar-refractivity contribution >= 4 is 84.5 Å². The molecule has 1 fully saturated rings. The number of rotatable bonds is 33. The number of ether oxygens (including phenoxy) is 2. The van der Waals surface area contributed by atoms with E-state index in [9.17, 15) is 22.2 Å². The van der Waals surface area contributed by atoms with Crippen molar-refractivity contribution in [3.05, 3.63) is 188 Å². The third-order valence-electron chi connectivity index (χ3n) is 22.1. The van der Waals surface area contributed by atoms with E-state index in [1.165, 1.54) is 30.4 Å². The molecule has 654 valence electrons. The van der Waals surface area contributed by atoms with E-state index in [2.05, 4.69) is 181 Å². The molecule has 25 nitrogen and oxygen atoms in total. The first-order valence-electron chi connectivity index (χ1n) is 42.9. The zero-order valence-corrected chi connectivity index (χ0v) is 77.1. The highest BCUT2D eigenvalue weighted by Crippen LogP contribution is 2.42. The van der Waals surface area contributed by atoms with E-state index in [4.69, 9.17) is 50.4 Å². The van der Waals surface area contributed by atoms with E-state index in [-0.39, 0.29) is 40.4 Å². The van der Waals surface area contributed by atoms with Crippen LogP contribution in [0.15, 0.2) is 121 Å². The minimum Gasteiger partial charge on any atom is -0.493 e. The van der Waals surface area contributed by atoms with Crippen molar-refractivity contribution < 1.29 is 41.0 Å². The van der Waals surface area contributed by atoms with Gasteiger partial charge in [-0.05, 0) is 194 Å². The Morgan fingerprint density at radius 1 is 0.648 bits per heavy atom. The van der Waals surface area contributed by atoms with Crippen LogP contribution in [-0.2, 0) is 48.1 Å². The number of benzene rings is 6. The Labute approximate surface area is 726 Å². The number of anilines is 4. The molecular formula is C94H125ClN16O9S2. The smallest absolute Gasteiger partial charge is 0.316 e. The van der Waals surface area contributed by atoms with E-state index < -0.39 is 33.4 Å². The quantitative estimate of drug-likeness (QED) is 0.0177. The highest BCUT2D eigenvalue weighted by molar-refractivity contribution is 7.92. The van der Waals surface area contributed by atoms with Crippen LogP contribution in [-0.4, -0.2) is 115 Å². The summed E-state index contributed by atoms with van der Waals surface area (Å²) in [6, 6.07) is 39.2. The van der Waals surface area contributed by atoms with E-state index in [0.29, 0.717) is 100.0 Å². The molecule has 0 radical (unpaired) electrons. The van der Waals surface area contributed by atoms with Gasteiger partial charge in [0.05, 0.1) is 24.2 Å². The fraction of sp³-hybridized carbons (Fsp3) is 0.468. The van der Waals surface area contributed by atoms with Crippen molar-refractivity contribution in [2.75, 3.05) is 40.0 Å². The monoisotopic (exact) mass is 1720 g/mol. The van der Waals surface area contributed by atoms with Crippen molar-refractivity contribution in [1.29, 1.82) is 0 Å². The molecule has 1 aliphatic carbocycles. The van der Waals surface area contributed by atoms with Gasteiger partial charge in [0, 0.05) is 99.6 Å². The Bertz CT molecular complexity index is 5650. The van der Waals surface area contributed by atoms with Gasteiger partial charge >= 0.3 is 17.2 Å². The van der Waals surface area contributed by atoms with Crippen LogP contribution in [0.3, 0.4) is 0 Å². The standard InChI is InChI=1S/C33H43ClN4O3.C33H44N6O4S.C28H38N6O2S/c1-31(2,3)20-33(7,8)24-12-14-26(41-15-9-10-29(39)40)23(18-24)17-22-16-21(11-13-25(22)34)30-35-28-19-27(32(4,5)6)36-38(28)37-30;1-5-6-7-11-14-30(43-29-16-15-22(2)17-23(29)3)33(40)34-26-18-25(19-27(20-26)38-44(4,41)42)32-35-31-21-28(36-39(31)37-32)24-12-9-8-10-13-24;1-9-19(7)25-15-26-30-28(32-34(26)31-25)20-12-21(29-8)14-22(13-20)33-37(35)36-27-23(16(2)3)10-18(6)11-24(27)17(4)5/h11-14,16,18-19,36H,9-10,15,17,20H2,1-8H3,(H,39,40);15-21,24,30,36,38H,5-14H2,1-4H3,(H,34,40);10-17,19,29,31,33H,9H2,1-8H3. The molecule has 1 saturated carbocycles. The fourth-order valence-electron chi connectivity index (χ4n) is 15.7. The van der Waals surface area contributed by atoms with Crippen LogP contribution in [0.1, 0.15) is 279 Å². The number of carbonyl (C=O) groups excluding carboxylic acids is 1. The molecule has 8 N–H and O–H groups in total. The first-order valence-corrected chi connectivity index (χ1v) is 46.2. The van der Waals surface area contributed by atoms with Gasteiger partial charge in [-0.15, -0.1) is 15.3 Å². The molecular weight excluding hydrogens is 1600 g/mol. The number of fused-ring (bicyclic) bond motifs is 3. The highest BCUT2D eigenvalue weighted by Gasteiger charge is 2.31. The van der Waals surface area contributed by atoms with Crippen molar-refractivity contribution in [1.82, 2.24) is 59.4 Å². The topological polar surface area (TPSA) is 319 Å². The summed E-state index contributed by atoms with van der Waals surface area (Å²) in [7, 11) is -1.73. The van der Waals surface area contributed by atoms with Gasteiger partial charge in [-0.2, -0.15) is 18.1 Å². The number of amides is 1. The van der Waals surface area contributed by atoms with Crippen molar-refractivity contribution in [2.24, 2.45) is 5.41 Å². The van der Waals surface area contributed by atoms with E-state index in [0.717, 1.165) is 142 Å². The third kappa shape index (κ3) is 24.7. The molecule has 6 aromatic carbocycles. The number of carbonyl (C=O) groups is 2. The van der Waals surface area contributed by atoms with Crippen molar-refractivity contribution in [3.8, 4) is 51.4 Å². The first-order chi connectivity index (χ1) is 57.7. The maximum Gasteiger partial charge on any atom is 0.316 e. The van der Waals surface area contributed by atoms with Crippen LogP contribution < -0.4 is 33.7 Å². The summed E-state index contributed by atoms with van der Waals surface area (Å²) in [6.45, 7) is 39.1. The van der Waals surface area contributed by atoms with Crippen LogP contribution >= 0.6 is 11.6 Å². The fourth-order valence-corrected chi connectivity index (χ4v) is 17.1. The molecule has 6 aromatic heterocycles. The number of aromatic amines is 3. The number of carboxylic acids is 1. The average molecular weight is 1720 g/mol. The zero-order valence-electron chi connectivity index (χ0n) is 74.7. The molecule has 28 heteroatoms. The lowest BCUT2D eigenvalue weighted by atomic mass is 9.72. The second-order valence-electron chi connectivity index (χ2n) is 36.3. The van der Waals surface area contributed by atoms with Crippen LogP contribution in [0.4, 0.5) is 22.7 Å². The maximum absolute atomic E-state index is 13.7. The molecule has 1 aliphatic rings. The first kappa shape index (κ1) is 92.2. The largest absolute Gasteiger partial charge is 0.493 e. The van der Waals surface area contributed by atoms with Crippen LogP contribution in [0.5, 0.6) is 17.2 Å². The molecule has 122 heavy (non-hydrogen) atoms. The van der Waals surface area contributed by atoms with Crippen LogP contribution in [0.2, 0.25) is 5.02 Å². The normalized spacial score (nSPS) is 13.7. The third-order valence-corrected chi connectivity index (χ3v) is 23.8. The molecule has 0 spiro atoms. The number of nitrogens with zero attached hydrogens (tertiary/aromatic N) is 9. The van der Waals surface area contributed by atoms with Gasteiger partial charge in [0.2, 0.25) is 10.0 Å². The Balaban J connectivity index is 0.000000179. The number of hydrogen-bond donors (Lipinski definition) is 8. The Hall–Kier alpha value is -10.5. The Morgan fingerprint density at radius 3 is 1.84 bits per heavy atom. The number of aryl methyl sites for hydroxylation is 3. The number of nitrogens with one attached hydrogen (secondary N) is 7. The molecule has 3 atom stereocenters. The lowest BCUT2D eigenvalue weighted by molar-refractivity contribution is -0.137. The number of hydrogen-bond acceptors (Lipinski definition) is 15. The lowest BCUT2D eigenvalue weighted by Crippen LogP contribution is -2.33. The predicted octanol–water partition coefficient (Wildman–Crippen LogP) is 22.2. The van der Waals surface area contributed by atoms with Crippen molar-refractivity contribution in [2.45, 2.75) is 262 Å². The minimum absolute atomic E-state index is 0.0284. The molecule has 0 saturated heterocycles. The van der Waals surface area contributed by atoms with Gasteiger partial charge in [-0.3, -0.25) is 34.3 Å². The number of halogens is 1. The molecule has 3 unspecified atom stereocenters. The highest BCUT2D eigenvalue weighted by atomic mass is 35.5. The number of sulfonamides is 1. The summed E-state index contributed by atoms with van der Waals surface area (Å²) in [5.74, 6) is 3.97. The number of unbranched alkanes of at least 4 members (excludes halogenated alkanes) is 3. The molecule has 1 amide bonds. The molecule has 0 bridgehead atoms. The summed E-state index contributed by atoms with van der Waals surface area (Å²) in [6.07, 6.45) is 14.2. The second kappa shape index (κ2) is 39.8. The van der Waals surface area contributed by atoms with E-state index in [1.54, 1.807) is 32.1 Å². The van der Waals surface area contributed by atoms with Crippen molar-refractivity contribution in [3.63, 3.8) is 0 Å². The molecule has 6 heterocycles.